The van der Waals surface area contributed by atoms with Gasteiger partial charge in [0.1, 0.15) is 0 Å². The van der Waals surface area contributed by atoms with E-state index in [0.717, 1.165) is 32.2 Å². The van der Waals surface area contributed by atoms with Crippen molar-refractivity contribution < 1.29 is 5.11 Å². The molecule has 4 heteroatoms. The van der Waals surface area contributed by atoms with E-state index < -0.39 is 5.60 Å². The molecule has 1 aromatic carbocycles. The van der Waals surface area contributed by atoms with E-state index in [1.54, 1.807) is 0 Å². The van der Waals surface area contributed by atoms with Gasteiger partial charge in [-0.05, 0) is 64.4 Å². The molecule has 2 nitrogen and oxygen atoms in total. The minimum Gasteiger partial charge on any atom is -0.390 e. The average molecular weight is 316 g/mol. The Morgan fingerprint density at radius 2 is 1.70 bits per heavy atom. The van der Waals surface area contributed by atoms with Crippen molar-refractivity contribution in [2.24, 2.45) is 0 Å². The van der Waals surface area contributed by atoms with Gasteiger partial charge < -0.3 is 10.0 Å². The fraction of sp³-hybridized carbons (Fsp3) is 0.625. The van der Waals surface area contributed by atoms with E-state index >= 15 is 0 Å². The topological polar surface area (TPSA) is 23.5 Å². The molecule has 1 saturated carbocycles. The molecule has 1 N–H and O–H groups in total. The highest BCUT2D eigenvalue weighted by atomic mass is 35.5. The number of halogens is 2. The van der Waals surface area contributed by atoms with Gasteiger partial charge in [0.15, 0.2) is 0 Å². The summed E-state index contributed by atoms with van der Waals surface area (Å²) in [5, 5.41) is 11.4. The van der Waals surface area contributed by atoms with Crippen LogP contribution in [0.5, 0.6) is 0 Å². The minimum atomic E-state index is -0.536. The SMILES string of the molecule is CN(C)C[C@]1(c2ccc(Cl)c(Cl)c2)CC[C@@](C)(O)CC1. The normalized spacial score (nSPS) is 30.8. The van der Waals surface area contributed by atoms with Gasteiger partial charge in [-0.15, -0.1) is 0 Å². The molecule has 0 amide bonds. The molecule has 0 atom stereocenters. The van der Waals surface area contributed by atoms with Crippen LogP contribution in [0.1, 0.15) is 38.2 Å². The molecular formula is C16H23Cl2NO. The molecule has 2 rings (SSSR count). The van der Waals surface area contributed by atoms with Crippen molar-refractivity contribution in [1.82, 2.24) is 4.90 Å². The monoisotopic (exact) mass is 315 g/mol. The van der Waals surface area contributed by atoms with Gasteiger partial charge in [0.05, 0.1) is 15.6 Å². The number of aliphatic hydroxyl groups is 1. The Morgan fingerprint density at radius 1 is 1.10 bits per heavy atom. The second kappa shape index (κ2) is 5.84. The van der Waals surface area contributed by atoms with Crippen LogP contribution in [0.4, 0.5) is 0 Å². The van der Waals surface area contributed by atoms with Gasteiger partial charge >= 0.3 is 0 Å². The molecular weight excluding hydrogens is 293 g/mol. The van der Waals surface area contributed by atoms with Crippen LogP contribution in [0.3, 0.4) is 0 Å². The lowest BCUT2D eigenvalue weighted by Crippen LogP contribution is -2.45. The number of nitrogens with zero attached hydrogens (tertiary/aromatic N) is 1. The maximum atomic E-state index is 10.2. The van der Waals surface area contributed by atoms with E-state index in [1.165, 1.54) is 5.56 Å². The van der Waals surface area contributed by atoms with Crippen molar-refractivity contribution in [3.63, 3.8) is 0 Å². The predicted octanol–water partition coefficient (Wildman–Crippen LogP) is 4.12. The Kier molecular flexibility index (Phi) is 4.70. The van der Waals surface area contributed by atoms with Gasteiger partial charge in [0, 0.05) is 12.0 Å². The zero-order valence-corrected chi connectivity index (χ0v) is 13.9. The summed E-state index contributed by atoms with van der Waals surface area (Å²) in [6, 6.07) is 5.95. The average Bonchev–Trinajstić information content (AvgIpc) is 2.35. The lowest BCUT2D eigenvalue weighted by Gasteiger charge is -2.44. The molecule has 0 heterocycles. The molecule has 20 heavy (non-hydrogen) atoms. The van der Waals surface area contributed by atoms with Crippen LogP contribution in [0.2, 0.25) is 10.0 Å². The number of benzene rings is 1. The van der Waals surface area contributed by atoms with Gasteiger partial charge in [-0.3, -0.25) is 0 Å². The van der Waals surface area contributed by atoms with Gasteiger partial charge in [-0.1, -0.05) is 29.3 Å². The number of hydrogen-bond donors (Lipinski definition) is 1. The minimum absolute atomic E-state index is 0.0555. The van der Waals surface area contributed by atoms with Crippen molar-refractivity contribution in [3.8, 4) is 0 Å². The van der Waals surface area contributed by atoms with Crippen LogP contribution in [0.25, 0.3) is 0 Å². The zero-order chi connectivity index (χ0) is 15.0. The summed E-state index contributed by atoms with van der Waals surface area (Å²) in [5.41, 5.74) is 0.752. The molecule has 0 bridgehead atoms. The Balaban J connectivity index is 2.34. The smallest absolute Gasteiger partial charge is 0.0620 e. The number of hydrogen-bond acceptors (Lipinski definition) is 2. The van der Waals surface area contributed by atoms with Crippen LogP contribution >= 0.6 is 23.2 Å². The van der Waals surface area contributed by atoms with E-state index in [1.807, 2.05) is 19.1 Å². The zero-order valence-electron chi connectivity index (χ0n) is 12.4. The lowest BCUT2D eigenvalue weighted by molar-refractivity contribution is -0.00436. The quantitative estimate of drug-likeness (QED) is 0.907. The van der Waals surface area contributed by atoms with E-state index in [9.17, 15) is 5.11 Å². The maximum Gasteiger partial charge on any atom is 0.0620 e. The molecule has 0 aliphatic heterocycles. The third kappa shape index (κ3) is 3.48. The third-order valence-corrected chi connectivity index (χ3v) is 5.17. The van der Waals surface area contributed by atoms with E-state index in [0.29, 0.717) is 10.0 Å². The Labute approximate surface area is 131 Å². The van der Waals surface area contributed by atoms with Crippen LogP contribution in [-0.4, -0.2) is 36.2 Å². The summed E-state index contributed by atoms with van der Waals surface area (Å²) in [6.07, 6.45) is 3.58. The first-order valence-corrected chi connectivity index (χ1v) is 7.82. The van der Waals surface area contributed by atoms with Gasteiger partial charge in [0.25, 0.3) is 0 Å². The third-order valence-electron chi connectivity index (χ3n) is 4.44. The fourth-order valence-electron chi connectivity index (χ4n) is 3.24. The highest BCUT2D eigenvalue weighted by Crippen LogP contribution is 2.44. The Morgan fingerprint density at radius 3 is 2.20 bits per heavy atom. The van der Waals surface area contributed by atoms with Gasteiger partial charge in [-0.25, -0.2) is 0 Å². The lowest BCUT2D eigenvalue weighted by atomic mass is 9.65. The second-order valence-electron chi connectivity index (χ2n) is 6.64. The molecule has 1 aliphatic rings. The second-order valence-corrected chi connectivity index (χ2v) is 7.46. The van der Waals surface area contributed by atoms with Crippen LogP contribution in [-0.2, 0) is 5.41 Å². The molecule has 1 fully saturated rings. The summed E-state index contributed by atoms with van der Waals surface area (Å²) >= 11 is 12.2. The molecule has 0 aromatic heterocycles. The Hall–Kier alpha value is -0.280. The van der Waals surface area contributed by atoms with Crippen molar-refractivity contribution in [2.75, 3.05) is 20.6 Å². The molecule has 1 aliphatic carbocycles. The fourth-order valence-corrected chi connectivity index (χ4v) is 3.53. The summed E-state index contributed by atoms with van der Waals surface area (Å²) < 4.78 is 0. The highest BCUT2D eigenvalue weighted by molar-refractivity contribution is 6.42. The first kappa shape index (κ1) is 16.1. The number of rotatable bonds is 3. The molecule has 0 radical (unpaired) electrons. The van der Waals surface area contributed by atoms with E-state index in [-0.39, 0.29) is 5.41 Å². The van der Waals surface area contributed by atoms with E-state index in [2.05, 4.69) is 25.1 Å². The molecule has 0 saturated heterocycles. The molecule has 0 spiro atoms. The van der Waals surface area contributed by atoms with Gasteiger partial charge in [0.2, 0.25) is 0 Å². The summed E-state index contributed by atoms with van der Waals surface area (Å²) in [4.78, 5) is 2.21. The van der Waals surface area contributed by atoms with Crippen LogP contribution in [0.15, 0.2) is 18.2 Å². The van der Waals surface area contributed by atoms with Crippen molar-refractivity contribution in [1.29, 1.82) is 0 Å². The Bertz CT molecular complexity index is 475. The first-order chi connectivity index (χ1) is 9.24. The van der Waals surface area contributed by atoms with Gasteiger partial charge in [-0.2, -0.15) is 0 Å². The molecule has 0 unspecified atom stereocenters. The van der Waals surface area contributed by atoms with Crippen molar-refractivity contribution >= 4 is 23.2 Å². The summed E-state index contributed by atoms with van der Waals surface area (Å²) in [6.45, 7) is 2.89. The van der Waals surface area contributed by atoms with Crippen molar-refractivity contribution in [3.05, 3.63) is 33.8 Å². The van der Waals surface area contributed by atoms with Crippen LogP contribution in [0, 0.1) is 0 Å². The van der Waals surface area contributed by atoms with Crippen molar-refractivity contribution in [2.45, 2.75) is 43.6 Å². The summed E-state index contributed by atoms with van der Waals surface area (Å²) in [7, 11) is 4.18. The number of likely N-dealkylation sites (N-methyl/N-ethyl adjacent to an activating group) is 1. The molecule has 1 aromatic rings. The molecule has 112 valence electrons. The van der Waals surface area contributed by atoms with Crippen LogP contribution < -0.4 is 0 Å². The highest BCUT2D eigenvalue weighted by Gasteiger charge is 2.41. The summed E-state index contributed by atoms with van der Waals surface area (Å²) in [5.74, 6) is 0. The standard InChI is InChI=1S/C16H23Cl2NO/c1-15(20)6-8-16(9-7-15,11-19(2)3)12-4-5-13(17)14(18)10-12/h4-5,10,20H,6-9,11H2,1-3H3/t15-,16+. The van der Waals surface area contributed by atoms with E-state index in [4.69, 9.17) is 23.2 Å². The maximum absolute atomic E-state index is 10.2. The first-order valence-electron chi connectivity index (χ1n) is 7.07. The predicted molar refractivity (Wildman–Crippen MR) is 85.8 cm³/mol. The largest absolute Gasteiger partial charge is 0.390 e.